The highest BCUT2D eigenvalue weighted by atomic mass is 32.2. The maximum absolute atomic E-state index is 12.2. The third-order valence-electron chi connectivity index (χ3n) is 2.56. The van der Waals surface area contributed by atoms with E-state index >= 15 is 0 Å². The second kappa shape index (κ2) is 8.17. The number of nitrogens with zero attached hydrogens (tertiary/aromatic N) is 3. The number of rotatable bonds is 6. The SMILES string of the molecule is CCSc1nnc(S[C@H](C)C(=O)Nc2cccc(C#N)c2)s1. The first-order valence-electron chi connectivity index (χ1n) is 6.56. The van der Waals surface area contributed by atoms with Crippen LogP contribution in [-0.2, 0) is 4.79 Å². The summed E-state index contributed by atoms with van der Waals surface area (Å²) in [5.74, 6) is 0.824. The van der Waals surface area contributed by atoms with Gasteiger partial charge in [0, 0.05) is 5.69 Å². The number of nitriles is 1. The molecule has 1 aromatic heterocycles. The Morgan fingerprint density at radius 1 is 1.45 bits per heavy atom. The summed E-state index contributed by atoms with van der Waals surface area (Å²) in [7, 11) is 0. The predicted molar refractivity (Wildman–Crippen MR) is 91.4 cm³/mol. The molecule has 0 unspecified atom stereocenters. The fraction of sp³-hybridized carbons (Fsp3) is 0.286. The molecular formula is C14H14N4OS3. The number of nitrogens with one attached hydrogen (secondary N) is 1. The fourth-order valence-corrected chi connectivity index (χ4v) is 4.60. The van der Waals surface area contributed by atoms with Gasteiger partial charge in [0.1, 0.15) is 0 Å². The Morgan fingerprint density at radius 2 is 2.23 bits per heavy atom. The third kappa shape index (κ3) is 4.73. The van der Waals surface area contributed by atoms with E-state index in [-0.39, 0.29) is 11.2 Å². The summed E-state index contributed by atoms with van der Waals surface area (Å²) in [5.41, 5.74) is 1.14. The van der Waals surface area contributed by atoms with Gasteiger partial charge < -0.3 is 5.32 Å². The molecule has 5 nitrogen and oxygen atoms in total. The summed E-state index contributed by atoms with van der Waals surface area (Å²) in [4.78, 5) is 12.2. The van der Waals surface area contributed by atoms with Crippen LogP contribution < -0.4 is 5.32 Å². The first kappa shape index (κ1) is 16.8. The van der Waals surface area contributed by atoms with E-state index in [9.17, 15) is 4.79 Å². The van der Waals surface area contributed by atoms with E-state index in [1.54, 1.807) is 36.0 Å². The van der Waals surface area contributed by atoms with Crippen molar-refractivity contribution in [2.45, 2.75) is 27.8 Å². The highest BCUT2D eigenvalue weighted by molar-refractivity contribution is 8.03. The standard InChI is InChI=1S/C14H14N4OS3/c1-3-20-13-17-18-14(22-13)21-9(2)12(19)16-11-6-4-5-10(7-11)8-15/h4-7,9H,3H2,1-2H3,(H,16,19)/t9-/m1/s1. The second-order valence-corrected chi connectivity index (χ2v) is 8.29. The van der Waals surface area contributed by atoms with Gasteiger partial charge in [0.2, 0.25) is 5.91 Å². The van der Waals surface area contributed by atoms with Crippen LogP contribution >= 0.6 is 34.9 Å². The maximum Gasteiger partial charge on any atom is 0.237 e. The highest BCUT2D eigenvalue weighted by Gasteiger charge is 2.17. The molecule has 0 saturated carbocycles. The number of thioether (sulfide) groups is 2. The van der Waals surface area contributed by atoms with Crippen molar-refractivity contribution in [3.05, 3.63) is 29.8 Å². The first-order valence-corrected chi connectivity index (χ1v) is 9.24. The molecule has 0 radical (unpaired) electrons. The van der Waals surface area contributed by atoms with E-state index in [4.69, 9.17) is 5.26 Å². The quantitative estimate of drug-likeness (QED) is 0.801. The Kier molecular flexibility index (Phi) is 6.24. The van der Waals surface area contributed by atoms with Crippen LogP contribution in [0.4, 0.5) is 5.69 Å². The van der Waals surface area contributed by atoms with Gasteiger partial charge in [-0.3, -0.25) is 4.79 Å². The van der Waals surface area contributed by atoms with Crippen molar-refractivity contribution in [1.29, 1.82) is 5.26 Å². The van der Waals surface area contributed by atoms with Crippen molar-refractivity contribution in [2.24, 2.45) is 0 Å². The van der Waals surface area contributed by atoms with Crippen LogP contribution in [0.5, 0.6) is 0 Å². The van der Waals surface area contributed by atoms with Gasteiger partial charge in [0.25, 0.3) is 0 Å². The Hall–Kier alpha value is -1.56. The zero-order valence-corrected chi connectivity index (χ0v) is 14.5. The van der Waals surface area contributed by atoms with Crippen LogP contribution in [0.1, 0.15) is 19.4 Å². The minimum Gasteiger partial charge on any atom is -0.325 e. The largest absolute Gasteiger partial charge is 0.325 e. The van der Waals surface area contributed by atoms with Crippen LogP contribution in [0.3, 0.4) is 0 Å². The highest BCUT2D eigenvalue weighted by Crippen LogP contribution is 2.31. The molecule has 2 rings (SSSR count). The van der Waals surface area contributed by atoms with Gasteiger partial charge in [-0.05, 0) is 30.9 Å². The lowest BCUT2D eigenvalue weighted by Crippen LogP contribution is -2.22. The van der Waals surface area contributed by atoms with Gasteiger partial charge in [-0.1, -0.05) is 47.9 Å². The van der Waals surface area contributed by atoms with Crippen LogP contribution in [-0.4, -0.2) is 27.1 Å². The molecule has 1 aromatic carbocycles. The Labute approximate surface area is 141 Å². The number of amides is 1. The maximum atomic E-state index is 12.2. The van der Waals surface area contributed by atoms with Gasteiger partial charge in [-0.2, -0.15) is 5.26 Å². The van der Waals surface area contributed by atoms with Gasteiger partial charge in [0.15, 0.2) is 8.68 Å². The van der Waals surface area contributed by atoms with Crippen molar-refractivity contribution >= 4 is 46.5 Å². The van der Waals surface area contributed by atoms with Crippen molar-refractivity contribution in [3.63, 3.8) is 0 Å². The van der Waals surface area contributed by atoms with Gasteiger partial charge in [0.05, 0.1) is 16.9 Å². The molecule has 1 heterocycles. The summed E-state index contributed by atoms with van der Waals surface area (Å²) in [6, 6.07) is 8.90. The zero-order chi connectivity index (χ0) is 15.9. The summed E-state index contributed by atoms with van der Waals surface area (Å²) in [6.07, 6.45) is 0. The molecule has 1 atom stereocenters. The average Bonchev–Trinajstić information content (AvgIpc) is 2.95. The Bertz CT molecular complexity index is 695. The number of benzene rings is 1. The van der Waals surface area contributed by atoms with Crippen LogP contribution in [0.15, 0.2) is 32.9 Å². The number of hydrogen-bond acceptors (Lipinski definition) is 7. The molecule has 0 aliphatic rings. The van der Waals surface area contributed by atoms with Crippen molar-refractivity contribution in [3.8, 4) is 6.07 Å². The molecule has 0 saturated heterocycles. The normalized spacial score (nSPS) is 11.7. The summed E-state index contributed by atoms with van der Waals surface area (Å²) in [6.45, 7) is 3.88. The topological polar surface area (TPSA) is 78.7 Å². The lowest BCUT2D eigenvalue weighted by Gasteiger charge is -2.10. The van der Waals surface area contributed by atoms with E-state index in [0.717, 1.165) is 14.4 Å². The number of carbonyl (C=O) groups excluding carboxylic acids is 1. The van der Waals surface area contributed by atoms with Crippen LogP contribution in [0, 0.1) is 11.3 Å². The van der Waals surface area contributed by atoms with E-state index in [1.807, 2.05) is 13.0 Å². The van der Waals surface area contributed by atoms with E-state index in [0.29, 0.717) is 11.3 Å². The molecule has 22 heavy (non-hydrogen) atoms. The zero-order valence-electron chi connectivity index (χ0n) is 12.1. The Balaban J connectivity index is 1.95. The molecule has 0 aliphatic carbocycles. The second-order valence-electron chi connectivity index (χ2n) is 4.21. The lowest BCUT2D eigenvalue weighted by atomic mass is 10.2. The molecule has 0 spiro atoms. The lowest BCUT2D eigenvalue weighted by molar-refractivity contribution is -0.115. The van der Waals surface area contributed by atoms with E-state index < -0.39 is 0 Å². The third-order valence-corrected chi connectivity index (χ3v) is 5.68. The van der Waals surface area contributed by atoms with Crippen LogP contribution in [0.25, 0.3) is 0 Å². The summed E-state index contributed by atoms with van der Waals surface area (Å²) < 4.78 is 1.70. The molecule has 0 fully saturated rings. The molecular weight excluding hydrogens is 336 g/mol. The van der Waals surface area contributed by atoms with E-state index in [2.05, 4.69) is 22.4 Å². The van der Waals surface area contributed by atoms with Gasteiger partial charge in [-0.25, -0.2) is 0 Å². The van der Waals surface area contributed by atoms with Gasteiger partial charge >= 0.3 is 0 Å². The molecule has 1 N–H and O–H groups in total. The van der Waals surface area contributed by atoms with Crippen molar-refractivity contribution < 1.29 is 4.79 Å². The molecule has 0 bridgehead atoms. The molecule has 1 amide bonds. The molecule has 2 aromatic rings. The Morgan fingerprint density at radius 3 is 2.95 bits per heavy atom. The number of anilines is 1. The minimum atomic E-state index is -0.293. The number of aromatic nitrogens is 2. The first-order chi connectivity index (χ1) is 10.6. The van der Waals surface area contributed by atoms with Crippen molar-refractivity contribution in [2.75, 3.05) is 11.1 Å². The predicted octanol–water partition coefficient (Wildman–Crippen LogP) is 3.64. The minimum absolute atomic E-state index is 0.125. The average molecular weight is 350 g/mol. The fourth-order valence-electron chi connectivity index (χ4n) is 1.54. The monoisotopic (exact) mass is 350 g/mol. The molecule has 8 heteroatoms. The molecule has 114 valence electrons. The molecule has 0 aliphatic heterocycles. The van der Waals surface area contributed by atoms with Crippen molar-refractivity contribution in [1.82, 2.24) is 10.2 Å². The number of carbonyl (C=O) groups is 1. The summed E-state index contributed by atoms with van der Waals surface area (Å²) >= 11 is 4.52. The summed E-state index contributed by atoms with van der Waals surface area (Å²) in [5, 5.41) is 19.5. The number of hydrogen-bond donors (Lipinski definition) is 1. The van der Waals surface area contributed by atoms with Crippen LogP contribution in [0.2, 0.25) is 0 Å². The van der Waals surface area contributed by atoms with Gasteiger partial charge in [-0.15, -0.1) is 10.2 Å². The smallest absolute Gasteiger partial charge is 0.237 e. The van der Waals surface area contributed by atoms with E-state index in [1.165, 1.54) is 23.1 Å².